The number of sulfonamides is 1. The van der Waals surface area contributed by atoms with Crippen molar-refractivity contribution in [1.82, 2.24) is 10.3 Å². The zero-order valence-corrected chi connectivity index (χ0v) is 14.6. The minimum absolute atomic E-state index is 0.112. The molecule has 0 aliphatic carbocycles. The van der Waals surface area contributed by atoms with E-state index in [1.807, 2.05) is 0 Å². The van der Waals surface area contributed by atoms with Crippen LogP contribution in [0, 0.1) is 0 Å². The van der Waals surface area contributed by atoms with Gasteiger partial charge in [-0.2, -0.15) is 0 Å². The van der Waals surface area contributed by atoms with E-state index in [0.717, 1.165) is 0 Å². The van der Waals surface area contributed by atoms with Crippen molar-refractivity contribution >= 4 is 33.2 Å². The highest BCUT2D eigenvalue weighted by atomic mass is 35.5. The predicted molar refractivity (Wildman–Crippen MR) is 90.9 cm³/mol. The van der Waals surface area contributed by atoms with Gasteiger partial charge in [0.25, 0.3) is 15.9 Å². The van der Waals surface area contributed by atoms with Crippen molar-refractivity contribution < 1.29 is 22.7 Å². The number of ether oxygens (including phenoxy) is 2. The van der Waals surface area contributed by atoms with E-state index in [0.29, 0.717) is 6.54 Å². The molecule has 2 heterocycles. The third-order valence-electron chi connectivity index (χ3n) is 3.39. The van der Waals surface area contributed by atoms with Crippen molar-refractivity contribution in [3.05, 3.63) is 41.0 Å². The largest absolute Gasteiger partial charge is 0.495 e. The molecule has 1 aliphatic heterocycles. The fourth-order valence-corrected chi connectivity index (χ4v) is 3.73. The second-order valence-corrected chi connectivity index (χ2v) is 7.17. The number of carbonyl (C=O) groups excluding carboxylic acids is 1. The maximum atomic E-state index is 12.6. The van der Waals surface area contributed by atoms with Crippen LogP contribution in [0.15, 0.2) is 35.4 Å². The molecular formula is C15H14ClN3O5S. The third kappa shape index (κ3) is 3.62. The van der Waals surface area contributed by atoms with E-state index in [-0.39, 0.29) is 45.3 Å². The molecule has 0 atom stereocenters. The minimum Gasteiger partial charge on any atom is -0.495 e. The third-order valence-corrected chi connectivity index (χ3v) is 5.03. The van der Waals surface area contributed by atoms with E-state index < -0.39 is 10.0 Å². The standard InChI is InChI=1S/C15H14ClN3O5S/c1-23-12-3-2-9(16)6-13(12)25(21,22)19-10-7-11-14(20)17-4-5-24-15(11)18-8-10/h2-3,6-8,19H,4-5H2,1H3,(H,17,20). The summed E-state index contributed by atoms with van der Waals surface area (Å²) in [4.78, 5) is 15.9. The average molecular weight is 384 g/mol. The Bertz CT molecular complexity index is 933. The van der Waals surface area contributed by atoms with E-state index in [4.69, 9.17) is 21.1 Å². The molecule has 2 N–H and O–H groups in total. The molecule has 2 aromatic rings. The monoisotopic (exact) mass is 383 g/mol. The van der Waals surface area contributed by atoms with Crippen LogP contribution >= 0.6 is 11.6 Å². The lowest BCUT2D eigenvalue weighted by Gasteiger charge is -2.13. The summed E-state index contributed by atoms with van der Waals surface area (Å²) in [5.74, 6) is -0.0969. The minimum atomic E-state index is -4.00. The molecule has 0 spiro atoms. The maximum Gasteiger partial charge on any atom is 0.265 e. The number of methoxy groups -OCH3 is 1. The Balaban J connectivity index is 1.97. The molecule has 3 rings (SSSR count). The second-order valence-electron chi connectivity index (χ2n) is 5.08. The van der Waals surface area contributed by atoms with Crippen molar-refractivity contribution in [2.45, 2.75) is 4.90 Å². The Morgan fingerprint density at radius 1 is 1.36 bits per heavy atom. The summed E-state index contributed by atoms with van der Waals surface area (Å²) < 4.78 is 38.0. The fraction of sp³-hybridized carbons (Fsp3) is 0.200. The van der Waals surface area contributed by atoms with Crippen LogP contribution in [0.4, 0.5) is 5.69 Å². The summed E-state index contributed by atoms with van der Waals surface area (Å²) in [7, 11) is -2.65. The van der Waals surface area contributed by atoms with Gasteiger partial charge in [-0.05, 0) is 24.3 Å². The first-order valence-electron chi connectivity index (χ1n) is 7.18. The lowest BCUT2D eigenvalue weighted by atomic mass is 10.2. The number of aromatic nitrogens is 1. The highest BCUT2D eigenvalue weighted by molar-refractivity contribution is 7.92. The number of nitrogens with one attached hydrogen (secondary N) is 2. The lowest BCUT2D eigenvalue weighted by Crippen LogP contribution is -2.24. The Labute approximate surface area is 149 Å². The maximum absolute atomic E-state index is 12.6. The zero-order chi connectivity index (χ0) is 18.0. The van der Waals surface area contributed by atoms with E-state index in [2.05, 4.69) is 15.0 Å². The topological polar surface area (TPSA) is 107 Å². The van der Waals surface area contributed by atoms with Gasteiger partial charge in [-0.1, -0.05) is 11.6 Å². The van der Waals surface area contributed by atoms with E-state index in [9.17, 15) is 13.2 Å². The van der Waals surface area contributed by atoms with Crippen LogP contribution in [0.1, 0.15) is 10.4 Å². The fourth-order valence-electron chi connectivity index (χ4n) is 2.26. The van der Waals surface area contributed by atoms with Crippen LogP contribution in [-0.2, 0) is 10.0 Å². The van der Waals surface area contributed by atoms with Gasteiger partial charge in [-0.25, -0.2) is 13.4 Å². The number of amides is 1. The van der Waals surface area contributed by atoms with Gasteiger partial charge in [0.05, 0.1) is 25.5 Å². The number of hydrogen-bond donors (Lipinski definition) is 2. The predicted octanol–water partition coefficient (Wildman–Crippen LogP) is 1.67. The Morgan fingerprint density at radius 2 is 2.16 bits per heavy atom. The van der Waals surface area contributed by atoms with Gasteiger partial charge < -0.3 is 14.8 Å². The number of pyridine rings is 1. The molecule has 25 heavy (non-hydrogen) atoms. The van der Waals surface area contributed by atoms with E-state index in [1.165, 1.54) is 37.6 Å². The van der Waals surface area contributed by atoms with Crippen molar-refractivity contribution in [2.24, 2.45) is 0 Å². The number of fused-ring (bicyclic) bond motifs is 1. The summed E-state index contributed by atoms with van der Waals surface area (Å²) in [6, 6.07) is 5.60. The first-order chi connectivity index (χ1) is 11.9. The highest BCUT2D eigenvalue weighted by Gasteiger charge is 2.23. The summed E-state index contributed by atoms with van der Waals surface area (Å²) >= 11 is 5.89. The van der Waals surface area contributed by atoms with Gasteiger partial charge in [0.15, 0.2) is 0 Å². The Kier molecular flexibility index (Phi) is 4.69. The Hall–Kier alpha value is -2.52. The van der Waals surface area contributed by atoms with Crippen LogP contribution in [0.25, 0.3) is 0 Å². The van der Waals surface area contributed by atoms with Crippen LogP contribution in [0.5, 0.6) is 11.6 Å². The molecule has 1 aliphatic rings. The van der Waals surface area contributed by atoms with Crippen LogP contribution in [0.2, 0.25) is 5.02 Å². The van der Waals surface area contributed by atoms with Crippen LogP contribution in [0.3, 0.4) is 0 Å². The molecule has 0 bridgehead atoms. The quantitative estimate of drug-likeness (QED) is 0.831. The first-order valence-corrected chi connectivity index (χ1v) is 9.04. The summed E-state index contributed by atoms with van der Waals surface area (Å²) in [5.41, 5.74) is 0.261. The van der Waals surface area contributed by atoms with Crippen molar-refractivity contribution in [3.8, 4) is 11.6 Å². The summed E-state index contributed by atoms with van der Waals surface area (Å²) in [5, 5.41) is 2.87. The second kappa shape index (κ2) is 6.77. The molecular weight excluding hydrogens is 370 g/mol. The normalized spacial score (nSPS) is 13.9. The number of benzene rings is 1. The van der Waals surface area contributed by atoms with Gasteiger partial charge in [-0.15, -0.1) is 0 Å². The lowest BCUT2D eigenvalue weighted by molar-refractivity contribution is 0.0957. The Morgan fingerprint density at radius 3 is 2.92 bits per heavy atom. The molecule has 1 amide bonds. The van der Waals surface area contributed by atoms with Gasteiger partial charge >= 0.3 is 0 Å². The van der Waals surface area contributed by atoms with Gasteiger partial charge in [0.1, 0.15) is 22.8 Å². The molecule has 0 radical (unpaired) electrons. The van der Waals surface area contributed by atoms with Gasteiger partial charge in [0, 0.05) is 5.02 Å². The van der Waals surface area contributed by atoms with Crippen molar-refractivity contribution in [1.29, 1.82) is 0 Å². The molecule has 132 valence electrons. The summed E-state index contributed by atoms with van der Waals surface area (Å²) in [6.07, 6.45) is 1.27. The van der Waals surface area contributed by atoms with Gasteiger partial charge in [0.2, 0.25) is 5.88 Å². The molecule has 10 heteroatoms. The van der Waals surface area contributed by atoms with Crippen molar-refractivity contribution in [3.63, 3.8) is 0 Å². The van der Waals surface area contributed by atoms with E-state index in [1.54, 1.807) is 0 Å². The SMILES string of the molecule is COc1ccc(Cl)cc1S(=O)(=O)Nc1cnc2c(c1)C(=O)NCCO2. The molecule has 1 aromatic heterocycles. The number of carbonyl (C=O) groups is 1. The molecule has 8 nitrogen and oxygen atoms in total. The molecule has 0 saturated carbocycles. The number of halogens is 1. The average Bonchev–Trinajstić information content (AvgIpc) is 2.76. The van der Waals surface area contributed by atoms with Crippen LogP contribution in [-0.4, -0.2) is 39.6 Å². The number of rotatable bonds is 4. The molecule has 0 unspecified atom stereocenters. The van der Waals surface area contributed by atoms with Crippen molar-refractivity contribution in [2.75, 3.05) is 25.0 Å². The molecule has 0 saturated heterocycles. The van der Waals surface area contributed by atoms with Crippen LogP contribution < -0.4 is 19.5 Å². The molecule has 0 fully saturated rings. The van der Waals surface area contributed by atoms with Gasteiger partial charge in [-0.3, -0.25) is 9.52 Å². The van der Waals surface area contributed by atoms with E-state index >= 15 is 0 Å². The number of nitrogens with zero attached hydrogens (tertiary/aromatic N) is 1. The summed E-state index contributed by atoms with van der Waals surface area (Å²) in [6.45, 7) is 0.631. The first kappa shape index (κ1) is 17.3. The smallest absolute Gasteiger partial charge is 0.265 e. The number of hydrogen-bond acceptors (Lipinski definition) is 6. The zero-order valence-electron chi connectivity index (χ0n) is 13.1. The molecule has 1 aromatic carbocycles. The highest BCUT2D eigenvalue weighted by Crippen LogP contribution is 2.29. The number of anilines is 1.